The number of thioether (sulfide) groups is 1. The van der Waals surface area contributed by atoms with Gasteiger partial charge in [-0.25, -0.2) is 9.97 Å². The molecular formula is C16H14N4O2S2. The van der Waals surface area contributed by atoms with Gasteiger partial charge in [0.25, 0.3) is 5.56 Å². The van der Waals surface area contributed by atoms with Crippen molar-refractivity contribution >= 4 is 44.4 Å². The highest BCUT2D eigenvalue weighted by Gasteiger charge is 2.27. The number of rotatable bonds is 2. The topological polar surface area (TPSA) is 76.9 Å². The number of nitrogens with one attached hydrogen (secondary N) is 1. The molecule has 0 spiro atoms. The summed E-state index contributed by atoms with van der Waals surface area (Å²) in [6.45, 7) is 2.38. The number of aromatic nitrogens is 3. The highest BCUT2D eigenvalue weighted by Crippen LogP contribution is 2.29. The van der Waals surface area contributed by atoms with Gasteiger partial charge in [-0.05, 0) is 24.6 Å². The monoisotopic (exact) mass is 358 g/mol. The molecule has 1 unspecified atom stereocenters. The van der Waals surface area contributed by atoms with Crippen molar-refractivity contribution in [2.45, 2.75) is 18.6 Å². The van der Waals surface area contributed by atoms with Crippen molar-refractivity contribution in [1.29, 1.82) is 0 Å². The lowest BCUT2D eigenvalue weighted by atomic mass is 10.1. The molecule has 1 N–H and O–H groups in total. The molecule has 8 heteroatoms. The van der Waals surface area contributed by atoms with E-state index in [0.29, 0.717) is 22.6 Å². The van der Waals surface area contributed by atoms with E-state index in [9.17, 15) is 9.59 Å². The van der Waals surface area contributed by atoms with Crippen molar-refractivity contribution in [2.75, 3.05) is 11.1 Å². The summed E-state index contributed by atoms with van der Waals surface area (Å²) in [5.74, 6) is 0.213. The lowest BCUT2D eigenvalue weighted by Crippen LogP contribution is -2.36. The number of amides is 1. The average Bonchev–Trinajstić information content (AvgIpc) is 2.96. The van der Waals surface area contributed by atoms with Crippen LogP contribution < -0.4 is 10.9 Å². The van der Waals surface area contributed by atoms with Gasteiger partial charge in [0.2, 0.25) is 5.91 Å². The molecule has 0 saturated heterocycles. The summed E-state index contributed by atoms with van der Waals surface area (Å²) < 4.78 is 2.61. The molecule has 1 aliphatic rings. The van der Waals surface area contributed by atoms with E-state index < -0.39 is 0 Å². The lowest BCUT2D eigenvalue weighted by molar-refractivity contribution is -0.119. The summed E-state index contributed by atoms with van der Waals surface area (Å²) in [5.41, 5.74) is 1.92. The largest absolute Gasteiger partial charge is 0.302 e. The second-order valence-corrected chi connectivity index (χ2v) is 7.68. The van der Waals surface area contributed by atoms with Gasteiger partial charge in [0.05, 0.1) is 16.1 Å². The summed E-state index contributed by atoms with van der Waals surface area (Å²) >= 11 is 2.89. The first kappa shape index (κ1) is 15.3. The average molecular weight is 358 g/mol. The van der Waals surface area contributed by atoms with Crippen molar-refractivity contribution in [3.63, 3.8) is 0 Å². The molecule has 122 valence electrons. The summed E-state index contributed by atoms with van der Waals surface area (Å²) in [6, 6.07) is 7.43. The van der Waals surface area contributed by atoms with Crippen LogP contribution in [0.25, 0.3) is 10.2 Å². The minimum atomic E-state index is -0.279. The van der Waals surface area contributed by atoms with Gasteiger partial charge < -0.3 is 5.32 Å². The fourth-order valence-corrected chi connectivity index (χ4v) is 4.63. The van der Waals surface area contributed by atoms with Gasteiger partial charge in [0.1, 0.15) is 0 Å². The number of benzene rings is 1. The molecule has 1 amide bonds. The van der Waals surface area contributed by atoms with Crippen LogP contribution in [0.3, 0.4) is 0 Å². The maximum Gasteiger partial charge on any atom is 0.254 e. The molecule has 3 aromatic rings. The molecular weight excluding hydrogens is 344 g/mol. The number of hydrogen-bond donors (Lipinski definition) is 1. The Labute approximate surface area is 145 Å². The Bertz CT molecular complexity index is 995. The van der Waals surface area contributed by atoms with E-state index in [4.69, 9.17) is 0 Å². The van der Waals surface area contributed by atoms with E-state index in [1.54, 1.807) is 4.57 Å². The number of nitrogens with zero attached hydrogens (tertiary/aromatic N) is 3. The Balaban J connectivity index is 1.54. The van der Waals surface area contributed by atoms with E-state index in [0.717, 1.165) is 15.8 Å². The fraction of sp³-hybridized carbons (Fsp3) is 0.250. The minimum absolute atomic E-state index is 0.111. The van der Waals surface area contributed by atoms with E-state index in [2.05, 4.69) is 21.4 Å². The van der Waals surface area contributed by atoms with Crippen LogP contribution in [0.4, 0.5) is 5.13 Å². The fourth-order valence-electron chi connectivity index (χ4n) is 2.60. The van der Waals surface area contributed by atoms with Gasteiger partial charge in [-0.2, -0.15) is 0 Å². The Hall–Kier alpha value is -2.19. The van der Waals surface area contributed by atoms with Gasteiger partial charge >= 0.3 is 0 Å². The molecule has 0 bridgehead atoms. The minimum Gasteiger partial charge on any atom is -0.302 e. The van der Waals surface area contributed by atoms with Gasteiger partial charge in [0.15, 0.2) is 10.3 Å². The molecule has 1 atom stereocenters. The third-order valence-corrected chi connectivity index (χ3v) is 5.95. The number of carbonyl (C=O) groups excluding carboxylic acids is 1. The van der Waals surface area contributed by atoms with Gasteiger partial charge in [-0.15, -0.1) is 0 Å². The van der Waals surface area contributed by atoms with Crippen LogP contribution in [0.2, 0.25) is 0 Å². The second kappa shape index (κ2) is 6.03. The van der Waals surface area contributed by atoms with Crippen molar-refractivity contribution in [3.05, 3.63) is 46.4 Å². The number of fused-ring (bicyclic) bond motifs is 2. The predicted molar refractivity (Wildman–Crippen MR) is 95.7 cm³/mol. The summed E-state index contributed by atoms with van der Waals surface area (Å²) in [5, 5.41) is 4.15. The SMILES string of the molecule is Cc1ccc2nc(NC(=O)C3CSc4nccc(=O)n4C3)sc2c1. The standard InChI is InChI=1S/C16H14N4O2S2/c1-9-2-3-11-12(6-9)24-15(18-11)19-14(22)10-7-20-13(21)4-5-17-16(20)23-8-10/h2-6,10H,7-8H2,1H3,(H,18,19,22). The molecule has 1 aliphatic heterocycles. The summed E-state index contributed by atoms with van der Waals surface area (Å²) in [7, 11) is 0. The Kier molecular flexibility index (Phi) is 3.85. The summed E-state index contributed by atoms with van der Waals surface area (Å²) in [6.07, 6.45) is 1.50. The lowest BCUT2D eigenvalue weighted by Gasteiger charge is -2.23. The molecule has 24 heavy (non-hydrogen) atoms. The third-order valence-electron chi connectivity index (χ3n) is 3.86. The number of aryl methyl sites for hydroxylation is 1. The molecule has 0 radical (unpaired) electrons. The van der Waals surface area contributed by atoms with Crippen molar-refractivity contribution < 1.29 is 4.79 Å². The molecule has 1 aromatic carbocycles. The van der Waals surface area contributed by atoms with Crippen LogP contribution in [0, 0.1) is 12.8 Å². The summed E-state index contributed by atoms with van der Waals surface area (Å²) in [4.78, 5) is 33.1. The van der Waals surface area contributed by atoms with E-state index in [-0.39, 0.29) is 17.4 Å². The molecule has 6 nitrogen and oxygen atoms in total. The Morgan fingerprint density at radius 3 is 3.12 bits per heavy atom. The van der Waals surface area contributed by atoms with Crippen molar-refractivity contribution in [1.82, 2.24) is 14.5 Å². The third kappa shape index (κ3) is 2.83. The van der Waals surface area contributed by atoms with Crippen molar-refractivity contribution in [2.24, 2.45) is 5.92 Å². The normalized spacial score (nSPS) is 16.8. The first-order chi connectivity index (χ1) is 11.6. The van der Waals surface area contributed by atoms with Gasteiger partial charge in [0, 0.05) is 24.6 Å². The van der Waals surface area contributed by atoms with E-state index in [1.807, 2.05) is 19.1 Å². The first-order valence-corrected chi connectivity index (χ1v) is 9.27. The number of anilines is 1. The molecule has 0 saturated carbocycles. The maximum atomic E-state index is 12.5. The van der Waals surface area contributed by atoms with Crippen LogP contribution in [-0.4, -0.2) is 26.2 Å². The van der Waals surface area contributed by atoms with Crippen molar-refractivity contribution in [3.8, 4) is 0 Å². The number of carbonyl (C=O) groups is 1. The zero-order valence-electron chi connectivity index (χ0n) is 12.9. The van der Waals surface area contributed by atoms with Crippen LogP contribution in [-0.2, 0) is 11.3 Å². The van der Waals surface area contributed by atoms with Crippen LogP contribution >= 0.6 is 23.1 Å². The molecule has 0 aliphatic carbocycles. The second-order valence-electron chi connectivity index (χ2n) is 5.66. The van der Waals surface area contributed by atoms with Crippen LogP contribution in [0.15, 0.2) is 40.4 Å². The molecule has 2 aromatic heterocycles. The first-order valence-electron chi connectivity index (χ1n) is 7.47. The zero-order valence-corrected chi connectivity index (χ0v) is 14.5. The number of hydrogen-bond acceptors (Lipinski definition) is 6. The smallest absolute Gasteiger partial charge is 0.254 e. The Morgan fingerprint density at radius 2 is 2.25 bits per heavy atom. The maximum absolute atomic E-state index is 12.5. The highest BCUT2D eigenvalue weighted by molar-refractivity contribution is 7.99. The van der Waals surface area contributed by atoms with Gasteiger partial charge in [-0.1, -0.05) is 29.2 Å². The zero-order chi connectivity index (χ0) is 16.7. The molecule has 0 fully saturated rings. The Morgan fingerprint density at radius 1 is 1.38 bits per heavy atom. The molecule has 3 heterocycles. The predicted octanol–water partition coefficient (Wildman–Crippen LogP) is 2.52. The van der Waals surface area contributed by atoms with Crippen LogP contribution in [0.5, 0.6) is 0 Å². The van der Waals surface area contributed by atoms with E-state index >= 15 is 0 Å². The van der Waals surface area contributed by atoms with Crippen LogP contribution in [0.1, 0.15) is 5.56 Å². The van der Waals surface area contributed by atoms with E-state index in [1.165, 1.54) is 35.4 Å². The molecule has 4 rings (SSSR count). The highest BCUT2D eigenvalue weighted by atomic mass is 32.2. The number of thiazole rings is 1. The quantitative estimate of drug-likeness (QED) is 0.712. The van der Waals surface area contributed by atoms with Gasteiger partial charge in [-0.3, -0.25) is 14.2 Å².